The minimum absolute atomic E-state index is 0.739. The van der Waals surface area contributed by atoms with Crippen LogP contribution in [-0.4, -0.2) is 11.3 Å². The zero-order valence-corrected chi connectivity index (χ0v) is 8.47. The van der Waals surface area contributed by atoms with Gasteiger partial charge in [-0.2, -0.15) is 0 Å². The van der Waals surface area contributed by atoms with Gasteiger partial charge in [0.05, 0.1) is 0 Å². The maximum atomic E-state index is 10.7. The van der Waals surface area contributed by atoms with Crippen molar-refractivity contribution in [1.82, 2.24) is 4.98 Å². The highest BCUT2D eigenvalue weighted by Gasteiger charge is 2.00. The Morgan fingerprint density at radius 1 is 1.20 bits per heavy atom. The Labute approximate surface area is 88.6 Å². The fraction of sp³-hybridized carbons (Fsp3) is 0.0769. The van der Waals surface area contributed by atoms with E-state index in [2.05, 4.69) is 4.98 Å². The molecule has 0 saturated carbocycles. The van der Waals surface area contributed by atoms with Crippen LogP contribution in [0.2, 0.25) is 0 Å². The summed E-state index contributed by atoms with van der Waals surface area (Å²) in [6.07, 6.45) is 4.44. The first-order valence-corrected chi connectivity index (χ1v) is 4.77. The SMILES string of the molecule is Cc1cc(-c2cccnc2)ccc1C=O. The molecule has 0 atom stereocenters. The molecule has 0 aliphatic rings. The van der Waals surface area contributed by atoms with Crippen molar-refractivity contribution in [2.75, 3.05) is 0 Å². The van der Waals surface area contributed by atoms with Gasteiger partial charge in [-0.15, -0.1) is 0 Å². The Kier molecular flexibility index (Phi) is 2.59. The fourth-order valence-electron chi connectivity index (χ4n) is 1.52. The number of carbonyl (C=O) groups is 1. The number of carbonyl (C=O) groups excluding carboxylic acids is 1. The van der Waals surface area contributed by atoms with Gasteiger partial charge in [0.2, 0.25) is 0 Å². The molecular formula is C13H11NO. The van der Waals surface area contributed by atoms with Crippen LogP contribution in [0.1, 0.15) is 15.9 Å². The van der Waals surface area contributed by atoms with Gasteiger partial charge in [-0.3, -0.25) is 9.78 Å². The molecule has 2 aromatic rings. The minimum atomic E-state index is 0.739. The summed E-state index contributed by atoms with van der Waals surface area (Å²) in [6.45, 7) is 1.93. The standard InChI is InChI=1S/C13H11NO/c1-10-7-11(4-5-13(10)9-15)12-3-2-6-14-8-12/h2-9H,1H3. The summed E-state index contributed by atoms with van der Waals surface area (Å²) in [5, 5.41) is 0. The van der Waals surface area contributed by atoms with E-state index in [1.54, 1.807) is 6.20 Å². The van der Waals surface area contributed by atoms with Gasteiger partial charge in [0, 0.05) is 18.0 Å². The van der Waals surface area contributed by atoms with Gasteiger partial charge in [-0.1, -0.05) is 24.3 Å². The second kappa shape index (κ2) is 4.05. The lowest BCUT2D eigenvalue weighted by atomic mass is 10.0. The molecule has 2 nitrogen and oxygen atoms in total. The van der Waals surface area contributed by atoms with Gasteiger partial charge in [-0.25, -0.2) is 0 Å². The molecule has 0 unspecified atom stereocenters. The molecule has 74 valence electrons. The third-order valence-corrected chi connectivity index (χ3v) is 2.39. The first-order valence-electron chi connectivity index (χ1n) is 4.77. The molecule has 0 amide bonds. The summed E-state index contributed by atoms with van der Waals surface area (Å²) in [5.41, 5.74) is 3.89. The number of pyridine rings is 1. The molecule has 0 aliphatic carbocycles. The normalized spacial score (nSPS) is 9.93. The van der Waals surface area contributed by atoms with Gasteiger partial charge < -0.3 is 0 Å². The van der Waals surface area contributed by atoms with E-state index in [1.807, 2.05) is 43.5 Å². The second-order valence-electron chi connectivity index (χ2n) is 3.43. The Balaban J connectivity index is 2.47. The molecule has 0 fully saturated rings. The average molecular weight is 197 g/mol. The van der Waals surface area contributed by atoms with Crippen LogP contribution in [0.15, 0.2) is 42.7 Å². The maximum Gasteiger partial charge on any atom is 0.150 e. The number of rotatable bonds is 2. The number of hydrogen-bond donors (Lipinski definition) is 0. The molecule has 2 rings (SSSR count). The van der Waals surface area contributed by atoms with Crippen LogP contribution in [0.4, 0.5) is 0 Å². The van der Waals surface area contributed by atoms with Gasteiger partial charge in [-0.05, 0) is 29.7 Å². The lowest BCUT2D eigenvalue weighted by molar-refractivity contribution is 0.112. The number of aryl methyl sites for hydroxylation is 1. The van der Waals surface area contributed by atoms with Crippen molar-refractivity contribution in [1.29, 1.82) is 0 Å². The lowest BCUT2D eigenvalue weighted by Gasteiger charge is -2.03. The maximum absolute atomic E-state index is 10.7. The van der Waals surface area contributed by atoms with Gasteiger partial charge >= 0.3 is 0 Å². The summed E-state index contributed by atoms with van der Waals surface area (Å²) < 4.78 is 0. The van der Waals surface area contributed by atoms with E-state index in [-0.39, 0.29) is 0 Å². The number of benzene rings is 1. The largest absolute Gasteiger partial charge is 0.298 e. The summed E-state index contributed by atoms with van der Waals surface area (Å²) in [4.78, 5) is 14.7. The van der Waals surface area contributed by atoms with E-state index in [4.69, 9.17) is 0 Å². The molecule has 0 N–H and O–H groups in total. The number of nitrogens with zero attached hydrogens (tertiary/aromatic N) is 1. The molecule has 1 heterocycles. The molecule has 0 radical (unpaired) electrons. The van der Waals surface area contributed by atoms with E-state index in [0.717, 1.165) is 28.5 Å². The third-order valence-electron chi connectivity index (χ3n) is 2.39. The predicted octanol–water partition coefficient (Wildman–Crippen LogP) is 2.87. The Bertz CT molecular complexity index is 477. The summed E-state index contributed by atoms with van der Waals surface area (Å²) in [5.74, 6) is 0. The summed E-state index contributed by atoms with van der Waals surface area (Å²) in [6, 6.07) is 9.68. The van der Waals surface area contributed by atoms with Crippen molar-refractivity contribution in [2.24, 2.45) is 0 Å². The van der Waals surface area contributed by atoms with Crippen LogP contribution in [0.3, 0.4) is 0 Å². The second-order valence-corrected chi connectivity index (χ2v) is 3.43. The molecular weight excluding hydrogens is 186 g/mol. The summed E-state index contributed by atoms with van der Waals surface area (Å²) in [7, 11) is 0. The van der Waals surface area contributed by atoms with E-state index >= 15 is 0 Å². The highest BCUT2D eigenvalue weighted by Crippen LogP contribution is 2.20. The molecule has 0 saturated heterocycles. The highest BCUT2D eigenvalue weighted by atomic mass is 16.1. The van der Waals surface area contributed by atoms with Gasteiger partial charge in [0.1, 0.15) is 6.29 Å². The van der Waals surface area contributed by atoms with Crippen LogP contribution in [0, 0.1) is 6.92 Å². The van der Waals surface area contributed by atoms with Crippen molar-refractivity contribution in [2.45, 2.75) is 6.92 Å². The van der Waals surface area contributed by atoms with Crippen molar-refractivity contribution in [3.8, 4) is 11.1 Å². The molecule has 2 heteroatoms. The third kappa shape index (κ3) is 1.94. The monoisotopic (exact) mass is 197 g/mol. The van der Waals surface area contributed by atoms with E-state index in [1.165, 1.54) is 0 Å². The van der Waals surface area contributed by atoms with Crippen LogP contribution >= 0.6 is 0 Å². The molecule has 1 aromatic heterocycles. The van der Waals surface area contributed by atoms with Crippen LogP contribution in [0.25, 0.3) is 11.1 Å². The van der Waals surface area contributed by atoms with Gasteiger partial charge in [0.15, 0.2) is 0 Å². The zero-order chi connectivity index (χ0) is 10.7. The molecule has 15 heavy (non-hydrogen) atoms. The first kappa shape index (κ1) is 9.59. The van der Waals surface area contributed by atoms with Crippen molar-refractivity contribution >= 4 is 6.29 Å². The smallest absolute Gasteiger partial charge is 0.150 e. The van der Waals surface area contributed by atoms with Crippen LogP contribution in [0.5, 0.6) is 0 Å². The van der Waals surface area contributed by atoms with Crippen LogP contribution < -0.4 is 0 Å². The predicted molar refractivity (Wildman–Crippen MR) is 59.8 cm³/mol. The molecule has 0 aliphatic heterocycles. The zero-order valence-electron chi connectivity index (χ0n) is 8.47. The molecule has 0 spiro atoms. The average Bonchev–Trinajstić information content (AvgIpc) is 2.30. The van der Waals surface area contributed by atoms with Crippen molar-refractivity contribution in [3.05, 3.63) is 53.9 Å². The van der Waals surface area contributed by atoms with Crippen LogP contribution in [-0.2, 0) is 0 Å². The molecule has 0 bridgehead atoms. The van der Waals surface area contributed by atoms with Crippen molar-refractivity contribution in [3.63, 3.8) is 0 Å². The highest BCUT2D eigenvalue weighted by molar-refractivity contribution is 5.79. The Morgan fingerprint density at radius 3 is 2.67 bits per heavy atom. The number of aromatic nitrogens is 1. The van der Waals surface area contributed by atoms with Crippen molar-refractivity contribution < 1.29 is 4.79 Å². The Morgan fingerprint density at radius 2 is 2.07 bits per heavy atom. The number of aldehydes is 1. The number of hydrogen-bond acceptors (Lipinski definition) is 2. The summed E-state index contributed by atoms with van der Waals surface area (Å²) >= 11 is 0. The Hall–Kier alpha value is -1.96. The minimum Gasteiger partial charge on any atom is -0.298 e. The molecule has 1 aromatic carbocycles. The fourth-order valence-corrected chi connectivity index (χ4v) is 1.52. The van der Waals surface area contributed by atoms with E-state index in [9.17, 15) is 4.79 Å². The van der Waals surface area contributed by atoms with E-state index < -0.39 is 0 Å². The first-order chi connectivity index (χ1) is 7.31. The lowest BCUT2D eigenvalue weighted by Crippen LogP contribution is -1.87. The quantitative estimate of drug-likeness (QED) is 0.693. The topological polar surface area (TPSA) is 30.0 Å². The van der Waals surface area contributed by atoms with E-state index in [0.29, 0.717) is 0 Å². The van der Waals surface area contributed by atoms with Gasteiger partial charge in [0.25, 0.3) is 0 Å².